The Morgan fingerprint density at radius 1 is 0.560 bits per heavy atom. The first-order valence-electron chi connectivity index (χ1n) is 7.97. The molecule has 0 bridgehead atoms. The Hall–Kier alpha value is -3.33. The van der Waals surface area contributed by atoms with Gasteiger partial charge in [0, 0.05) is 23.1 Å². The van der Waals surface area contributed by atoms with E-state index in [4.69, 9.17) is 0 Å². The normalized spacial score (nSPS) is 10.2. The van der Waals surface area contributed by atoms with Crippen LogP contribution in [0.5, 0.6) is 0 Å². The summed E-state index contributed by atoms with van der Waals surface area (Å²) in [5.74, 6) is -1.25. The van der Waals surface area contributed by atoms with Crippen molar-refractivity contribution in [2.75, 3.05) is 0 Å². The predicted octanol–water partition coefficient (Wildman–Crippen LogP) is 4.18. The molecular formula is C22H16O3. The molecule has 0 aromatic heterocycles. The summed E-state index contributed by atoms with van der Waals surface area (Å²) in [5, 5.41) is 0. The highest BCUT2D eigenvalue weighted by molar-refractivity contribution is 6.49. The van der Waals surface area contributed by atoms with E-state index in [0.717, 1.165) is 0 Å². The van der Waals surface area contributed by atoms with E-state index in [1.807, 2.05) is 6.07 Å². The zero-order valence-corrected chi connectivity index (χ0v) is 13.5. The quantitative estimate of drug-likeness (QED) is 0.504. The largest absolute Gasteiger partial charge is 0.294 e. The van der Waals surface area contributed by atoms with Crippen molar-refractivity contribution in [1.82, 2.24) is 0 Å². The molecule has 0 aliphatic carbocycles. The van der Waals surface area contributed by atoms with Gasteiger partial charge in [0.2, 0.25) is 11.6 Å². The first kappa shape index (κ1) is 16.5. The Morgan fingerprint density at radius 2 is 1.08 bits per heavy atom. The zero-order chi connectivity index (χ0) is 17.6. The van der Waals surface area contributed by atoms with Crippen LogP contribution in [0.4, 0.5) is 0 Å². The summed E-state index contributed by atoms with van der Waals surface area (Å²) in [6.07, 6.45) is 0.0774. The molecule has 0 fully saturated rings. The van der Waals surface area contributed by atoms with Gasteiger partial charge in [0.25, 0.3) is 0 Å². The number of hydrogen-bond donors (Lipinski definition) is 0. The van der Waals surface area contributed by atoms with Crippen molar-refractivity contribution in [1.29, 1.82) is 0 Å². The molecule has 0 amide bonds. The van der Waals surface area contributed by atoms with Gasteiger partial charge in [-0.3, -0.25) is 14.4 Å². The fourth-order valence-corrected chi connectivity index (χ4v) is 2.64. The van der Waals surface area contributed by atoms with Crippen LogP contribution in [0.15, 0.2) is 84.9 Å². The zero-order valence-electron chi connectivity index (χ0n) is 13.5. The maximum Gasteiger partial charge on any atom is 0.233 e. The SMILES string of the molecule is O=C(Cc1ccccc1C(=O)C(=O)c1ccccc1)c1ccccc1. The van der Waals surface area contributed by atoms with Gasteiger partial charge in [-0.2, -0.15) is 0 Å². The number of hydrogen-bond acceptors (Lipinski definition) is 3. The number of ketones is 3. The average Bonchev–Trinajstić information content (AvgIpc) is 2.68. The molecule has 0 saturated carbocycles. The van der Waals surface area contributed by atoms with E-state index >= 15 is 0 Å². The molecule has 0 saturated heterocycles. The van der Waals surface area contributed by atoms with Gasteiger partial charge in [-0.25, -0.2) is 0 Å². The molecule has 3 nitrogen and oxygen atoms in total. The minimum absolute atomic E-state index is 0.0774. The fourth-order valence-electron chi connectivity index (χ4n) is 2.64. The molecule has 0 unspecified atom stereocenters. The van der Waals surface area contributed by atoms with Crippen molar-refractivity contribution >= 4 is 17.3 Å². The Morgan fingerprint density at radius 3 is 1.72 bits per heavy atom. The maximum absolute atomic E-state index is 12.6. The van der Waals surface area contributed by atoms with Gasteiger partial charge < -0.3 is 0 Å². The molecular weight excluding hydrogens is 312 g/mol. The minimum atomic E-state index is -0.595. The predicted molar refractivity (Wildman–Crippen MR) is 96.0 cm³/mol. The van der Waals surface area contributed by atoms with Gasteiger partial charge in [0.05, 0.1) is 0 Å². The first-order chi connectivity index (χ1) is 12.2. The molecule has 3 heteroatoms. The number of benzene rings is 3. The lowest BCUT2D eigenvalue weighted by Crippen LogP contribution is -2.17. The lowest BCUT2D eigenvalue weighted by atomic mass is 9.93. The van der Waals surface area contributed by atoms with Crippen LogP contribution in [0.2, 0.25) is 0 Å². The van der Waals surface area contributed by atoms with E-state index in [1.165, 1.54) is 0 Å². The molecule has 0 atom stereocenters. The second-order valence-corrected chi connectivity index (χ2v) is 5.65. The fraction of sp³-hybridized carbons (Fsp3) is 0.0455. The van der Waals surface area contributed by atoms with Gasteiger partial charge in [-0.1, -0.05) is 84.9 Å². The van der Waals surface area contributed by atoms with Crippen LogP contribution in [0, 0.1) is 0 Å². The van der Waals surface area contributed by atoms with Gasteiger partial charge in [0.1, 0.15) is 0 Å². The summed E-state index contributed by atoms with van der Waals surface area (Å²) >= 11 is 0. The van der Waals surface area contributed by atoms with Gasteiger partial charge in [-0.15, -0.1) is 0 Å². The van der Waals surface area contributed by atoms with E-state index in [9.17, 15) is 14.4 Å². The van der Waals surface area contributed by atoms with Crippen molar-refractivity contribution in [2.45, 2.75) is 6.42 Å². The molecule has 0 heterocycles. The van der Waals surface area contributed by atoms with Crippen molar-refractivity contribution in [3.05, 3.63) is 107 Å². The summed E-state index contributed by atoms with van der Waals surface area (Å²) in [4.78, 5) is 37.5. The Kier molecular flexibility index (Phi) is 4.95. The molecule has 122 valence electrons. The molecule has 3 rings (SSSR count). The third kappa shape index (κ3) is 3.78. The Balaban J connectivity index is 1.87. The number of rotatable bonds is 6. The van der Waals surface area contributed by atoms with Crippen LogP contribution in [0.3, 0.4) is 0 Å². The van der Waals surface area contributed by atoms with Crippen molar-refractivity contribution in [2.24, 2.45) is 0 Å². The lowest BCUT2D eigenvalue weighted by molar-refractivity contribution is 0.0816. The van der Waals surface area contributed by atoms with E-state index in [-0.39, 0.29) is 17.8 Å². The molecule has 0 spiro atoms. The molecule has 3 aromatic carbocycles. The second-order valence-electron chi connectivity index (χ2n) is 5.65. The highest BCUT2D eigenvalue weighted by atomic mass is 16.2. The average molecular weight is 328 g/mol. The number of carbonyl (C=O) groups excluding carboxylic acids is 3. The van der Waals surface area contributed by atoms with Crippen molar-refractivity contribution in [3.8, 4) is 0 Å². The standard InChI is InChI=1S/C22H16O3/c23-20(16-9-3-1-4-10-16)15-18-13-7-8-14-19(18)22(25)21(24)17-11-5-2-6-12-17/h1-14H,15H2. The van der Waals surface area contributed by atoms with Crippen molar-refractivity contribution in [3.63, 3.8) is 0 Å². The van der Waals surface area contributed by atoms with E-state index in [0.29, 0.717) is 16.7 Å². The number of Topliss-reactive ketones (excluding diaryl/α,β-unsaturated/α-hetero) is 3. The Bertz CT molecular complexity index is 912. The third-order valence-corrected chi connectivity index (χ3v) is 3.95. The summed E-state index contributed by atoms with van der Waals surface area (Å²) < 4.78 is 0. The molecule has 0 radical (unpaired) electrons. The maximum atomic E-state index is 12.6. The third-order valence-electron chi connectivity index (χ3n) is 3.95. The van der Waals surface area contributed by atoms with Crippen LogP contribution in [0.1, 0.15) is 36.6 Å². The number of carbonyl (C=O) groups is 3. The molecule has 0 aliphatic rings. The van der Waals surface area contributed by atoms with E-state index < -0.39 is 11.6 Å². The van der Waals surface area contributed by atoms with Gasteiger partial charge in [-0.05, 0) is 5.56 Å². The first-order valence-corrected chi connectivity index (χ1v) is 7.97. The highest BCUT2D eigenvalue weighted by Crippen LogP contribution is 2.16. The summed E-state index contributed by atoms with van der Waals surface area (Å²) in [6.45, 7) is 0. The van der Waals surface area contributed by atoms with Gasteiger partial charge >= 0.3 is 0 Å². The minimum Gasteiger partial charge on any atom is -0.294 e. The van der Waals surface area contributed by atoms with Crippen LogP contribution < -0.4 is 0 Å². The summed E-state index contributed by atoms with van der Waals surface area (Å²) in [5.41, 5.74) is 1.77. The van der Waals surface area contributed by atoms with Crippen molar-refractivity contribution < 1.29 is 14.4 Å². The van der Waals surface area contributed by atoms with Crippen LogP contribution in [0.25, 0.3) is 0 Å². The molecule has 0 N–H and O–H groups in total. The lowest BCUT2D eigenvalue weighted by Gasteiger charge is -2.08. The smallest absolute Gasteiger partial charge is 0.233 e. The monoisotopic (exact) mass is 328 g/mol. The topological polar surface area (TPSA) is 51.2 Å². The molecule has 25 heavy (non-hydrogen) atoms. The molecule has 3 aromatic rings. The summed E-state index contributed by atoms with van der Waals surface area (Å²) in [7, 11) is 0. The van der Waals surface area contributed by atoms with E-state index in [1.54, 1.807) is 78.9 Å². The van der Waals surface area contributed by atoms with Crippen LogP contribution in [-0.2, 0) is 6.42 Å². The van der Waals surface area contributed by atoms with E-state index in [2.05, 4.69) is 0 Å². The van der Waals surface area contributed by atoms with Crippen LogP contribution >= 0.6 is 0 Å². The molecule has 0 aliphatic heterocycles. The van der Waals surface area contributed by atoms with Crippen LogP contribution in [-0.4, -0.2) is 17.3 Å². The summed E-state index contributed by atoms with van der Waals surface area (Å²) in [6, 6.07) is 24.1. The Labute approximate surface area is 145 Å². The second kappa shape index (κ2) is 7.49. The van der Waals surface area contributed by atoms with Gasteiger partial charge in [0.15, 0.2) is 5.78 Å². The highest BCUT2D eigenvalue weighted by Gasteiger charge is 2.21.